The molecule has 0 aromatic heterocycles. The number of alkyl halides is 15. The van der Waals surface area contributed by atoms with Crippen molar-refractivity contribution in [3.8, 4) is 0 Å². The van der Waals surface area contributed by atoms with Crippen molar-refractivity contribution in [2.45, 2.75) is 47.9 Å². The van der Waals surface area contributed by atoms with Gasteiger partial charge in [-0.15, -0.1) is 0 Å². The summed E-state index contributed by atoms with van der Waals surface area (Å²) >= 11 is 0. The van der Waals surface area contributed by atoms with Crippen molar-refractivity contribution in [1.82, 2.24) is 0 Å². The van der Waals surface area contributed by atoms with Gasteiger partial charge in [0.1, 0.15) is 0 Å². The molecule has 1 heterocycles. The standard InChI is InChI=1S/C8HF15O5S/c9-2(27-8(22,23)4(12,13)6(17,18)19)1(29(24,25)28-2)26-7(20,21)3(10,11)5(14,15)16/h1H. The molecule has 5 nitrogen and oxygen atoms in total. The van der Waals surface area contributed by atoms with Gasteiger partial charge in [0.25, 0.3) is 5.44 Å². The van der Waals surface area contributed by atoms with Crippen LogP contribution in [-0.4, -0.2) is 56.3 Å². The van der Waals surface area contributed by atoms with E-state index in [0.717, 1.165) is 0 Å². The summed E-state index contributed by atoms with van der Waals surface area (Å²) in [5.74, 6) is -14.7. The third-order valence-corrected chi connectivity index (χ3v) is 4.10. The van der Waals surface area contributed by atoms with Crippen LogP contribution >= 0.6 is 0 Å². The maximum absolute atomic E-state index is 13.7. The highest BCUT2D eigenvalue weighted by molar-refractivity contribution is 7.88. The van der Waals surface area contributed by atoms with E-state index in [4.69, 9.17) is 0 Å². The molecular weight excluding hydrogens is 493 g/mol. The van der Waals surface area contributed by atoms with Crippen LogP contribution in [0.2, 0.25) is 0 Å². The molecular formula is C8HF15O5S. The number of halogens is 15. The Balaban J connectivity index is 3.29. The van der Waals surface area contributed by atoms with Crippen LogP contribution in [0.3, 0.4) is 0 Å². The Hall–Kier alpha value is -1.22. The summed E-state index contributed by atoms with van der Waals surface area (Å²) < 4.78 is 216. The SMILES string of the molecule is O=S1(=O)OC(F)(OC(F)(F)C(F)(F)C(F)(F)F)C1OC(F)(F)C(F)(F)C(F)(F)F. The molecule has 0 saturated carbocycles. The molecule has 0 bridgehead atoms. The molecule has 0 aliphatic carbocycles. The lowest BCUT2D eigenvalue weighted by Gasteiger charge is -2.43. The largest absolute Gasteiger partial charge is 0.462 e. The van der Waals surface area contributed by atoms with Crippen molar-refractivity contribution < 1.29 is 87.9 Å². The molecule has 0 aromatic carbocycles. The Kier molecular flexibility index (Phi) is 5.69. The first-order valence-corrected chi connectivity index (χ1v) is 7.38. The second-order valence-electron chi connectivity index (χ2n) is 4.89. The average molecular weight is 494 g/mol. The predicted octanol–water partition coefficient (Wildman–Crippen LogP) is 3.91. The highest BCUT2D eigenvalue weighted by Gasteiger charge is 2.82. The van der Waals surface area contributed by atoms with Gasteiger partial charge in [0.15, 0.2) is 0 Å². The molecule has 0 amide bonds. The van der Waals surface area contributed by atoms with Crippen LogP contribution in [0.15, 0.2) is 0 Å². The molecule has 1 aliphatic heterocycles. The van der Waals surface area contributed by atoms with Gasteiger partial charge in [-0.2, -0.15) is 78.5 Å². The maximum Gasteiger partial charge on any atom is 0.462 e. The van der Waals surface area contributed by atoms with Gasteiger partial charge >= 0.3 is 52.6 Å². The summed E-state index contributed by atoms with van der Waals surface area (Å²) in [5, 5.41) is 0. The van der Waals surface area contributed by atoms with Crippen LogP contribution in [0.4, 0.5) is 65.9 Å². The molecule has 1 rings (SSSR count). The van der Waals surface area contributed by atoms with E-state index in [9.17, 15) is 74.3 Å². The molecule has 0 radical (unpaired) electrons. The van der Waals surface area contributed by atoms with E-state index >= 15 is 0 Å². The van der Waals surface area contributed by atoms with Gasteiger partial charge in [0.2, 0.25) is 0 Å². The Morgan fingerprint density at radius 1 is 0.690 bits per heavy atom. The number of ether oxygens (including phenoxy) is 2. The number of hydrogen-bond acceptors (Lipinski definition) is 5. The van der Waals surface area contributed by atoms with Crippen LogP contribution in [0, 0.1) is 0 Å². The zero-order valence-corrected chi connectivity index (χ0v) is 13.0. The van der Waals surface area contributed by atoms with Crippen molar-refractivity contribution in [3.05, 3.63) is 0 Å². The van der Waals surface area contributed by atoms with E-state index < -0.39 is 58.0 Å². The first kappa shape index (κ1) is 25.8. The van der Waals surface area contributed by atoms with Crippen molar-refractivity contribution in [2.24, 2.45) is 0 Å². The minimum atomic E-state index is -7.36. The fourth-order valence-corrected chi connectivity index (χ4v) is 2.40. The van der Waals surface area contributed by atoms with Gasteiger partial charge in [-0.1, -0.05) is 0 Å². The van der Waals surface area contributed by atoms with E-state index in [2.05, 4.69) is 13.7 Å². The predicted molar refractivity (Wildman–Crippen MR) is 51.7 cm³/mol. The van der Waals surface area contributed by atoms with E-state index in [-0.39, 0.29) is 0 Å². The summed E-state index contributed by atoms with van der Waals surface area (Å²) in [6, 6.07) is -5.79. The van der Waals surface area contributed by atoms with Gasteiger partial charge in [0, 0.05) is 0 Å². The van der Waals surface area contributed by atoms with Gasteiger partial charge in [0.05, 0.1) is 0 Å². The normalized spacial score (nSPS) is 26.9. The molecule has 174 valence electrons. The van der Waals surface area contributed by atoms with Crippen LogP contribution in [0.5, 0.6) is 0 Å². The fraction of sp³-hybridized carbons (Fsp3) is 1.00. The maximum atomic E-state index is 13.7. The Morgan fingerprint density at radius 2 is 1.03 bits per heavy atom. The number of hydrogen-bond donors (Lipinski definition) is 0. The lowest BCUT2D eigenvalue weighted by molar-refractivity contribution is -0.510. The van der Waals surface area contributed by atoms with Crippen LogP contribution < -0.4 is 0 Å². The molecule has 2 unspecified atom stereocenters. The smallest absolute Gasteiger partial charge is 0.284 e. The minimum absolute atomic E-state index is 2.09. The second kappa shape index (κ2) is 6.39. The molecule has 21 heteroatoms. The van der Waals surface area contributed by atoms with Gasteiger partial charge < -0.3 is 0 Å². The minimum Gasteiger partial charge on any atom is -0.284 e. The monoisotopic (exact) mass is 494 g/mol. The Bertz CT molecular complexity index is 739. The number of rotatable bonds is 6. The summed E-state index contributed by atoms with van der Waals surface area (Å²) in [6.45, 7) is 0. The summed E-state index contributed by atoms with van der Waals surface area (Å²) in [7, 11) is -6.28. The average Bonchev–Trinajstić information content (AvgIpc) is 2.40. The highest BCUT2D eigenvalue weighted by Crippen LogP contribution is 2.55. The van der Waals surface area contributed by atoms with E-state index in [0.29, 0.717) is 0 Å². The lowest BCUT2D eigenvalue weighted by Crippen LogP contribution is -2.69. The molecule has 1 saturated heterocycles. The molecule has 0 spiro atoms. The van der Waals surface area contributed by atoms with Crippen LogP contribution in [0.25, 0.3) is 0 Å². The van der Waals surface area contributed by atoms with Crippen molar-refractivity contribution in [2.75, 3.05) is 0 Å². The van der Waals surface area contributed by atoms with Crippen molar-refractivity contribution >= 4 is 10.1 Å². The fourth-order valence-electron chi connectivity index (χ4n) is 1.34. The van der Waals surface area contributed by atoms with E-state index in [1.807, 2.05) is 0 Å². The molecule has 1 aliphatic rings. The molecule has 29 heavy (non-hydrogen) atoms. The Labute approximate surface area is 147 Å². The molecule has 0 N–H and O–H groups in total. The van der Waals surface area contributed by atoms with Gasteiger partial charge in [-0.3, -0.25) is 4.74 Å². The van der Waals surface area contributed by atoms with Crippen LogP contribution in [-0.2, 0) is 23.8 Å². The third-order valence-electron chi connectivity index (χ3n) is 2.74. The van der Waals surface area contributed by atoms with Crippen molar-refractivity contribution in [3.63, 3.8) is 0 Å². The third kappa shape index (κ3) is 4.04. The Morgan fingerprint density at radius 3 is 1.34 bits per heavy atom. The molecule has 0 aromatic rings. The first-order valence-electron chi connectivity index (χ1n) is 5.91. The summed E-state index contributed by atoms with van der Waals surface area (Å²) in [4.78, 5) is 0. The first-order chi connectivity index (χ1) is 12.3. The van der Waals surface area contributed by atoms with E-state index in [1.165, 1.54) is 0 Å². The summed E-state index contributed by atoms with van der Waals surface area (Å²) in [5.41, 5.74) is -4.77. The van der Waals surface area contributed by atoms with Crippen molar-refractivity contribution in [1.29, 1.82) is 0 Å². The zero-order valence-electron chi connectivity index (χ0n) is 12.2. The second-order valence-corrected chi connectivity index (χ2v) is 6.47. The van der Waals surface area contributed by atoms with E-state index in [1.54, 1.807) is 0 Å². The van der Waals surface area contributed by atoms with Crippen LogP contribution in [0.1, 0.15) is 0 Å². The zero-order chi connectivity index (χ0) is 23.7. The quantitative estimate of drug-likeness (QED) is 0.414. The topological polar surface area (TPSA) is 61.8 Å². The molecule has 2 atom stereocenters. The highest BCUT2D eigenvalue weighted by atomic mass is 32.2. The lowest BCUT2D eigenvalue weighted by atomic mass is 10.3. The van der Waals surface area contributed by atoms with Gasteiger partial charge in [-0.05, 0) is 0 Å². The summed E-state index contributed by atoms with van der Waals surface area (Å²) in [6.07, 6.45) is -28.7. The molecule has 1 fully saturated rings. The van der Waals surface area contributed by atoms with Gasteiger partial charge in [-0.25, -0.2) is 4.74 Å².